The van der Waals surface area contributed by atoms with Gasteiger partial charge in [-0.3, -0.25) is 9.69 Å². The molecule has 0 radical (unpaired) electrons. The summed E-state index contributed by atoms with van der Waals surface area (Å²) in [6.45, 7) is 4.42. The van der Waals surface area contributed by atoms with Crippen LogP contribution in [0, 0.1) is 0 Å². The monoisotopic (exact) mass is 365 g/mol. The molecule has 0 saturated heterocycles. The molecule has 0 fully saturated rings. The standard InChI is InChI=1S/C21H23N3OS/c1-16-18-9-5-11-23(18)12-13-24(16)15-20(25)22-21(19-10-6-14-26-19)17-7-3-2-4-8-17/h2-11,14,16,21H,12-13,15H2,1H3,(H,22,25). The van der Waals surface area contributed by atoms with E-state index in [4.69, 9.17) is 0 Å². The minimum absolute atomic E-state index is 0.0686. The maximum atomic E-state index is 12.8. The Balaban J connectivity index is 1.48. The molecule has 1 aliphatic heterocycles. The van der Waals surface area contributed by atoms with Crippen LogP contribution in [0.1, 0.15) is 35.1 Å². The summed E-state index contributed by atoms with van der Waals surface area (Å²) in [5, 5.41) is 5.30. The van der Waals surface area contributed by atoms with E-state index in [1.807, 2.05) is 24.3 Å². The van der Waals surface area contributed by atoms with E-state index >= 15 is 0 Å². The van der Waals surface area contributed by atoms with E-state index in [1.165, 1.54) is 5.69 Å². The van der Waals surface area contributed by atoms with Crippen molar-refractivity contribution < 1.29 is 4.79 Å². The smallest absolute Gasteiger partial charge is 0.234 e. The molecule has 3 heterocycles. The van der Waals surface area contributed by atoms with Crippen LogP contribution >= 0.6 is 11.3 Å². The van der Waals surface area contributed by atoms with Crippen molar-refractivity contribution in [3.8, 4) is 0 Å². The topological polar surface area (TPSA) is 37.3 Å². The molecule has 4 rings (SSSR count). The molecule has 0 aliphatic carbocycles. The first-order valence-corrected chi connectivity index (χ1v) is 9.87. The molecule has 134 valence electrons. The Bertz CT molecular complexity index is 857. The summed E-state index contributed by atoms with van der Waals surface area (Å²) in [6, 6.07) is 18.7. The van der Waals surface area contributed by atoms with E-state index in [1.54, 1.807) is 11.3 Å². The number of hydrogen-bond donors (Lipinski definition) is 1. The number of benzene rings is 1. The predicted octanol–water partition coefficient (Wildman–Crippen LogP) is 3.83. The molecule has 0 bridgehead atoms. The van der Waals surface area contributed by atoms with Gasteiger partial charge in [-0.2, -0.15) is 0 Å². The van der Waals surface area contributed by atoms with Crippen molar-refractivity contribution in [2.75, 3.05) is 13.1 Å². The number of nitrogens with one attached hydrogen (secondary N) is 1. The van der Waals surface area contributed by atoms with Gasteiger partial charge in [-0.25, -0.2) is 0 Å². The fourth-order valence-corrected chi connectivity index (χ4v) is 4.46. The average molecular weight is 366 g/mol. The van der Waals surface area contributed by atoms with Crippen LogP contribution in [0.25, 0.3) is 0 Å². The predicted molar refractivity (Wildman–Crippen MR) is 105 cm³/mol. The van der Waals surface area contributed by atoms with Crippen LogP contribution in [0.2, 0.25) is 0 Å². The molecule has 1 aliphatic rings. The van der Waals surface area contributed by atoms with Crippen LogP contribution in [-0.4, -0.2) is 28.5 Å². The summed E-state index contributed by atoms with van der Waals surface area (Å²) >= 11 is 1.67. The second kappa shape index (κ2) is 7.48. The van der Waals surface area contributed by atoms with Gasteiger partial charge in [-0.05, 0) is 36.1 Å². The molecule has 2 unspecified atom stereocenters. The van der Waals surface area contributed by atoms with Crippen molar-refractivity contribution in [1.29, 1.82) is 0 Å². The number of aromatic nitrogens is 1. The van der Waals surface area contributed by atoms with Gasteiger partial charge in [0.15, 0.2) is 0 Å². The molecule has 0 saturated carbocycles. The van der Waals surface area contributed by atoms with Crippen molar-refractivity contribution in [2.45, 2.75) is 25.6 Å². The number of rotatable bonds is 5. The normalized spacial score (nSPS) is 18.3. The average Bonchev–Trinajstić information content (AvgIpc) is 3.35. The maximum Gasteiger partial charge on any atom is 0.234 e. The lowest BCUT2D eigenvalue weighted by molar-refractivity contribution is -0.123. The lowest BCUT2D eigenvalue weighted by atomic mass is 10.1. The molecule has 1 amide bonds. The molecule has 0 spiro atoms. The Hall–Kier alpha value is -2.37. The summed E-state index contributed by atoms with van der Waals surface area (Å²) in [4.78, 5) is 16.2. The Morgan fingerprint density at radius 3 is 2.77 bits per heavy atom. The van der Waals surface area contributed by atoms with Gasteiger partial charge in [0, 0.05) is 35.9 Å². The first kappa shape index (κ1) is 17.1. The molecular formula is C21H23N3OS. The zero-order chi connectivity index (χ0) is 17.9. The Morgan fingerprint density at radius 1 is 1.15 bits per heavy atom. The van der Waals surface area contributed by atoms with Crippen LogP contribution in [-0.2, 0) is 11.3 Å². The lowest BCUT2D eigenvalue weighted by Crippen LogP contribution is -2.44. The second-order valence-corrected chi connectivity index (χ2v) is 7.68. The summed E-state index contributed by atoms with van der Waals surface area (Å²) in [6.07, 6.45) is 2.12. The zero-order valence-corrected chi connectivity index (χ0v) is 15.7. The van der Waals surface area contributed by atoms with Crippen LogP contribution in [0.4, 0.5) is 0 Å². The van der Waals surface area contributed by atoms with E-state index in [-0.39, 0.29) is 18.0 Å². The number of fused-ring (bicyclic) bond motifs is 1. The maximum absolute atomic E-state index is 12.8. The Morgan fingerprint density at radius 2 is 2.00 bits per heavy atom. The quantitative estimate of drug-likeness (QED) is 0.746. The number of nitrogens with zero attached hydrogens (tertiary/aromatic N) is 2. The van der Waals surface area contributed by atoms with Gasteiger partial charge in [-0.1, -0.05) is 36.4 Å². The van der Waals surface area contributed by atoms with Gasteiger partial charge in [0.1, 0.15) is 0 Å². The molecule has 1 N–H and O–H groups in total. The second-order valence-electron chi connectivity index (χ2n) is 6.70. The van der Waals surface area contributed by atoms with Crippen molar-refractivity contribution in [3.63, 3.8) is 0 Å². The SMILES string of the molecule is CC1c2cccn2CCN1CC(=O)NC(c1ccccc1)c1cccs1. The summed E-state index contributed by atoms with van der Waals surface area (Å²) in [7, 11) is 0. The molecule has 2 atom stereocenters. The van der Waals surface area contributed by atoms with Gasteiger partial charge in [0.05, 0.1) is 12.6 Å². The number of carbonyl (C=O) groups excluding carboxylic acids is 1. The largest absolute Gasteiger partial charge is 0.349 e. The summed E-state index contributed by atoms with van der Waals surface area (Å²) < 4.78 is 2.28. The third kappa shape index (κ3) is 3.45. The highest BCUT2D eigenvalue weighted by molar-refractivity contribution is 7.10. The lowest BCUT2D eigenvalue weighted by Gasteiger charge is -2.34. The van der Waals surface area contributed by atoms with E-state index in [9.17, 15) is 4.79 Å². The van der Waals surface area contributed by atoms with Crippen molar-refractivity contribution >= 4 is 17.2 Å². The molecule has 3 aromatic rings. The fourth-order valence-electron chi connectivity index (χ4n) is 3.65. The van der Waals surface area contributed by atoms with Crippen molar-refractivity contribution in [3.05, 3.63) is 82.3 Å². The summed E-state index contributed by atoms with van der Waals surface area (Å²) in [5.41, 5.74) is 2.39. The Kier molecular flexibility index (Phi) is 4.91. The number of carbonyl (C=O) groups is 1. The van der Waals surface area contributed by atoms with Crippen molar-refractivity contribution in [1.82, 2.24) is 14.8 Å². The first-order chi connectivity index (χ1) is 12.7. The minimum atomic E-state index is -0.0901. The molecular weight excluding hydrogens is 342 g/mol. The zero-order valence-electron chi connectivity index (χ0n) is 14.8. The Labute approximate surface area is 158 Å². The highest BCUT2D eigenvalue weighted by Crippen LogP contribution is 2.27. The van der Waals surface area contributed by atoms with Crippen LogP contribution < -0.4 is 5.32 Å². The minimum Gasteiger partial charge on any atom is -0.349 e. The third-order valence-electron chi connectivity index (χ3n) is 5.08. The van der Waals surface area contributed by atoms with Gasteiger partial charge >= 0.3 is 0 Å². The number of hydrogen-bond acceptors (Lipinski definition) is 3. The van der Waals surface area contributed by atoms with E-state index in [2.05, 4.69) is 63.6 Å². The number of amides is 1. The highest BCUT2D eigenvalue weighted by Gasteiger charge is 2.26. The molecule has 1 aromatic carbocycles. The van der Waals surface area contributed by atoms with Crippen LogP contribution in [0.3, 0.4) is 0 Å². The van der Waals surface area contributed by atoms with Gasteiger partial charge in [0.2, 0.25) is 5.91 Å². The molecule has 4 nitrogen and oxygen atoms in total. The van der Waals surface area contributed by atoms with Crippen LogP contribution in [0.15, 0.2) is 66.2 Å². The van der Waals surface area contributed by atoms with E-state index in [0.717, 1.165) is 23.5 Å². The van der Waals surface area contributed by atoms with Gasteiger partial charge < -0.3 is 9.88 Å². The third-order valence-corrected chi connectivity index (χ3v) is 6.02. The number of thiophene rings is 1. The molecule has 2 aromatic heterocycles. The highest BCUT2D eigenvalue weighted by atomic mass is 32.1. The first-order valence-electron chi connectivity index (χ1n) is 8.99. The van der Waals surface area contributed by atoms with Crippen LogP contribution in [0.5, 0.6) is 0 Å². The molecule has 5 heteroatoms. The van der Waals surface area contributed by atoms with Crippen molar-refractivity contribution in [2.24, 2.45) is 0 Å². The summed E-state index contributed by atoms with van der Waals surface area (Å²) in [5.74, 6) is 0.0686. The van der Waals surface area contributed by atoms with E-state index in [0.29, 0.717) is 6.54 Å². The van der Waals surface area contributed by atoms with E-state index < -0.39 is 0 Å². The van der Waals surface area contributed by atoms with Gasteiger partial charge in [0.25, 0.3) is 0 Å². The molecule has 26 heavy (non-hydrogen) atoms. The fraction of sp³-hybridized carbons (Fsp3) is 0.286. The van der Waals surface area contributed by atoms with Gasteiger partial charge in [-0.15, -0.1) is 11.3 Å².